The molecule has 1 aromatic rings. The minimum absolute atomic E-state index is 0.169. The maximum absolute atomic E-state index is 12.0. The van der Waals surface area contributed by atoms with E-state index in [2.05, 4.69) is 5.32 Å². The van der Waals surface area contributed by atoms with Crippen molar-refractivity contribution in [1.29, 1.82) is 5.26 Å². The summed E-state index contributed by atoms with van der Waals surface area (Å²) in [5.41, 5.74) is 1.14. The molecule has 0 heterocycles. The largest absolute Gasteiger partial charge is 0.415 e. The van der Waals surface area contributed by atoms with Crippen LogP contribution in [0.1, 0.15) is 11.1 Å². The second kappa shape index (κ2) is 5.66. The fourth-order valence-corrected chi connectivity index (χ4v) is 1.22. The Morgan fingerprint density at radius 3 is 2.71 bits per heavy atom. The number of nitrogens with one attached hydrogen (secondary N) is 1. The van der Waals surface area contributed by atoms with Gasteiger partial charge < -0.3 is 10.4 Å². The van der Waals surface area contributed by atoms with Crippen molar-refractivity contribution in [1.82, 2.24) is 5.32 Å². The topological polar surface area (TPSA) is 56.0 Å². The predicted molar refractivity (Wildman–Crippen MR) is 54.9 cm³/mol. The van der Waals surface area contributed by atoms with E-state index in [4.69, 9.17) is 10.4 Å². The number of alkyl halides is 3. The average Bonchev–Trinajstić information content (AvgIpc) is 2.28. The summed E-state index contributed by atoms with van der Waals surface area (Å²) in [5.74, 6) is 0. The molecule has 6 heteroatoms. The summed E-state index contributed by atoms with van der Waals surface area (Å²) in [6.07, 6.45) is -6.98. The molecule has 0 aliphatic carbocycles. The van der Waals surface area contributed by atoms with Gasteiger partial charge in [0.05, 0.1) is 11.6 Å². The van der Waals surface area contributed by atoms with Gasteiger partial charge in [0, 0.05) is 13.1 Å². The van der Waals surface area contributed by atoms with Gasteiger partial charge in [-0.05, 0) is 17.7 Å². The van der Waals surface area contributed by atoms with E-state index in [0.29, 0.717) is 11.1 Å². The van der Waals surface area contributed by atoms with Gasteiger partial charge in [-0.15, -0.1) is 0 Å². The fourth-order valence-electron chi connectivity index (χ4n) is 1.22. The van der Waals surface area contributed by atoms with Gasteiger partial charge in [-0.2, -0.15) is 18.4 Å². The van der Waals surface area contributed by atoms with E-state index in [0.717, 1.165) is 0 Å². The Bertz CT molecular complexity index is 412. The Balaban J connectivity index is 2.44. The zero-order valence-electron chi connectivity index (χ0n) is 8.83. The highest BCUT2D eigenvalue weighted by Gasteiger charge is 2.37. The normalized spacial score (nSPS) is 13.1. The van der Waals surface area contributed by atoms with E-state index in [-0.39, 0.29) is 6.54 Å². The second-order valence-electron chi connectivity index (χ2n) is 3.50. The van der Waals surface area contributed by atoms with Gasteiger partial charge in [0.1, 0.15) is 0 Å². The van der Waals surface area contributed by atoms with Crippen LogP contribution in [0.3, 0.4) is 0 Å². The third kappa shape index (κ3) is 4.43. The highest BCUT2D eigenvalue weighted by Crippen LogP contribution is 2.19. The first-order valence-electron chi connectivity index (χ1n) is 4.88. The Morgan fingerprint density at radius 1 is 1.41 bits per heavy atom. The molecule has 0 amide bonds. The molecule has 3 nitrogen and oxygen atoms in total. The van der Waals surface area contributed by atoms with Crippen molar-refractivity contribution in [2.45, 2.75) is 18.8 Å². The molecule has 0 aliphatic heterocycles. The fraction of sp³-hybridized carbons (Fsp3) is 0.364. The van der Waals surface area contributed by atoms with Crippen LogP contribution in [-0.2, 0) is 6.54 Å². The van der Waals surface area contributed by atoms with E-state index in [1.54, 1.807) is 24.3 Å². The van der Waals surface area contributed by atoms with E-state index in [9.17, 15) is 13.2 Å². The molecule has 0 bridgehead atoms. The molecule has 1 atom stereocenters. The van der Waals surface area contributed by atoms with Crippen LogP contribution in [0.4, 0.5) is 13.2 Å². The Kier molecular flexibility index (Phi) is 4.49. The molecule has 0 saturated heterocycles. The molecular formula is C11H11F3N2O. The van der Waals surface area contributed by atoms with Gasteiger partial charge in [-0.25, -0.2) is 0 Å². The lowest BCUT2D eigenvalue weighted by atomic mass is 10.1. The third-order valence-electron chi connectivity index (χ3n) is 2.10. The molecule has 0 spiro atoms. The molecule has 0 fully saturated rings. The summed E-state index contributed by atoms with van der Waals surface area (Å²) in [5, 5.41) is 19.8. The molecule has 0 saturated carbocycles. The number of aliphatic hydroxyl groups excluding tert-OH is 1. The first kappa shape index (κ1) is 13.5. The van der Waals surface area contributed by atoms with Crippen LogP contribution >= 0.6 is 0 Å². The quantitative estimate of drug-likeness (QED) is 0.845. The molecule has 1 aromatic carbocycles. The summed E-state index contributed by atoms with van der Waals surface area (Å²) in [7, 11) is 0. The lowest BCUT2D eigenvalue weighted by Crippen LogP contribution is -2.38. The molecule has 1 unspecified atom stereocenters. The van der Waals surface area contributed by atoms with Crippen molar-refractivity contribution in [3.05, 3.63) is 35.4 Å². The predicted octanol–water partition coefficient (Wildman–Crippen LogP) is 1.57. The lowest BCUT2D eigenvalue weighted by Gasteiger charge is -2.15. The highest BCUT2D eigenvalue weighted by atomic mass is 19.4. The zero-order chi connectivity index (χ0) is 12.9. The molecule has 0 radical (unpaired) electrons. The van der Waals surface area contributed by atoms with Gasteiger partial charge in [0.15, 0.2) is 6.10 Å². The zero-order valence-corrected chi connectivity index (χ0v) is 8.83. The van der Waals surface area contributed by atoms with Gasteiger partial charge >= 0.3 is 6.18 Å². The number of benzene rings is 1. The number of hydrogen-bond donors (Lipinski definition) is 2. The Morgan fingerprint density at radius 2 is 2.12 bits per heavy atom. The molecule has 92 valence electrons. The van der Waals surface area contributed by atoms with Crippen LogP contribution in [0.15, 0.2) is 24.3 Å². The highest BCUT2D eigenvalue weighted by molar-refractivity contribution is 5.32. The SMILES string of the molecule is N#Cc1cccc(CNCC(O)C(F)(F)F)c1. The monoisotopic (exact) mass is 244 g/mol. The van der Waals surface area contributed by atoms with Gasteiger partial charge in [0.25, 0.3) is 0 Å². The van der Waals surface area contributed by atoms with Crippen LogP contribution in [0.2, 0.25) is 0 Å². The number of nitrogens with zero attached hydrogens (tertiary/aromatic N) is 1. The van der Waals surface area contributed by atoms with E-state index >= 15 is 0 Å². The lowest BCUT2D eigenvalue weighted by molar-refractivity contribution is -0.201. The number of hydrogen-bond acceptors (Lipinski definition) is 3. The maximum atomic E-state index is 12.0. The summed E-state index contributed by atoms with van der Waals surface area (Å²) in [4.78, 5) is 0. The summed E-state index contributed by atoms with van der Waals surface area (Å²) < 4.78 is 35.9. The van der Waals surface area contributed by atoms with Crippen molar-refractivity contribution in [2.75, 3.05) is 6.54 Å². The van der Waals surface area contributed by atoms with Crippen molar-refractivity contribution in [2.24, 2.45) is 0 Å². The number of rotatable bonds is 4. The maximum Gasteiger partial charge on any atom is 0.415 e. The van der Waals surface area contributed by atoms with Gasteiger partial charge in [0.2, 0.25) is 0 Å². The van der Waals surface area contributed by atoms with Crippen molar-refractivity contribution >= 4 is 0 Å². The summed E-state index contributed by atoms with van der Waals surface area (Å²) >= 11 is 0. The molecule has 2 N–H and O–H groups in total. The molecule has 1 rings (SSSR count). The summed E-state index contributed by atoms with van der Waals surface area (Å²) in [6, 6.07) is 8.45. The van der Waals surface area contributed by atoms with Crippen molar-refractivity contribution in [3.8, 4) is 6.07 Å². The molecule has 0 aliphatic rings. The van der Waals surface area contributed by atoms with Crippen LogP contribution in [0.25, 0.3) is 0 Å². The molecular weight excluding hydrogens is 233 g/mol. The number of halogens is 3. The first-order chi connectivity index (χ1) is 7.93. The average molecular weight is 244 g/mol. The standard InChI is InChI=1S/C11H11F3N2O/c12-11(13,14)10(17)7-16-6-9-3-1-2-8(4-9)5-15/h1-4,10,16-17H,6-7H2. The Hall–Kier alpha value is -1.58. The van der Waals surface area contributed by atoms with Crippen molar-refractivity contribution in [3.63, 3.8) is 0 Å². The van der Waals surface area contributed by atoms with Crippen molar-refractivity contribution < 1.29 is 18.3 Å². The van der Waals surface area contributed by atoms with Crippen LogP contribution < -0.4 is 5.32 Å². The molecule has 0 aromatic heterocycles. The third-order valence-corrected chi connectivity index (χ3v) is 2.10. The van der Waals surface area contributed by atoms with Crippen LogP contribution in [0.5, 0.6) is 0 Å². The minimum Gasteiger partial charge on any atom is -0.382 e. The van der Waals surface area contributed by atoms with Gasteiger partial charge in [-0.3, -0.25) is 0 Å². The number of nitriles is 1. The molecule has 17 heavy (non-hydrogen) atoms. The summed E-state index contributed by atoms with van der Waals surface area (Å²) in [6.45, 7) is -0.400. The van der Waals surface area contributed by atoms with Crippen LogP contribution in [0, 0.1) is 11.3 Å². The first-order valence-corrected chi connectivity index (χ1v) is 4.88. The number of aliphatic hydroxyl groups is 1. The van der Waals surface area contributed by atoms with Gasteiger partial charge in [-0.1, -0.05) is 12.1 Å². The van der Waals surface area contributed by atoms with E-state index in [1.165, 1.54) is 0 Å². The second-order valence-corrected chi connectivity index (χ2v) is 3.50. The Labute approximate surface area is 96.5 Å². The van der Waals surface area contributed by atoms with E-state index in [1.807, 2.05) is 6.07 Å². The smallest absolute Gasteiger partial charge is 0.382 e. The van der Waals surface area contributed by atoms with Crippen LogP contribution in [-0.4, -0.2) is 23.9 Å². The van der Waals surface area contributed by atoms with E-state index < -0.39 is 18.8 Å². The minimum atomic E-state index is -4.61.